The summed E-state index contributed by atoms with van der Waals surface area (Å²) in [6.07, 6.45) is -4.39. The largest absolute Gasteiger partial charge is 0.468 e. The second kappa shape index (κ2) is 7.65. The first-order valence-corrected chi connectivity index (χ1v) is 11.4. The first kappa shape index (κ1) is 18.5. The van der Waals surface area contributed by atoms with Gasteiger partial charge < -0.3 is 9.47 Å². The van der Waals surface area contributed by atoms with Gasteiger partial charge in [-0.2, -0.15) is 13.2 Å². The van der Waals surface area contributed by atoms with Crippen molar-refractivity contribution < 1.29 is 22.6 Å². The fourth-order valence-electron chi connectivity index (χ4n) is 1.57. The average Bonchev–Trinajstić information content (AvgIpc) is 2.35. The van der Waals surface area contributed by atoms with Gasteiger partial charge in [0.25, 0.3) is 0 Å². The van der Waals surface area contributed by atoms with Crippen LogP contribution in [0.25, 0.3) is 0 Å². The Balaban J connectivity index is 2.57. The van der Waals surface area contributed by atoms with E-state index in [-0.39, 0.29) is 23.4 Å². The molecule has 0 heterocycles. The standard InChI is InChI=1S/C14H20BrF3O2Si/c1-21(2,3)7-6-19-10-20-12-5-4-11(9-15)13(8-12)14(16,17)18/h4-5,8H,6-7,9-10H2,1-3H3. The second-order valence-corrected chi connectivity index (χ2v) is 12.1. The monoisotopic (exact) mass is 384 g/mol. The summed E-state index contributed by atoms with van der Waals surface area (Å²) in [4.78, 5) is 0. The Hall–Kier alpha value is -0.533. The van der Waals surface area contributed by atoms with Crippen LogP contribution in [-0.4, -0.2) is 21.5 Å². The maximum Gasteiger partial charge on any atom is 0.416 e. The van der Waals surface area contributed by atoms with E-state index in [1.54, 1.807) is 0 Å². The van der Waals surface area contributed by atoms with E-state index in [1.165, 1.54) is 12.1 Å². The molecule has 0 radical (unpaired) electrons. The fraction of sp³-hybridized carbons (Fsp3) is 0.571. The zero-order valence-corrected chi connectivity index (χ0v) is 15.0. The molecule has 0 bridgehead atoms. The molecule has 120 valence electrons. The number of hydrogen-bond donors (Lipinski definition) is 0. The fourth-order valence-corrected chi connectivity index (χ4v) is 2.82. The molecule has 7 heteroatoms. The molecule has 2 nitrogen and oxygen atoms in total. The number of alkyl halides is 4. The van der Waals surface area contributed by atoms with Crippen molar-refractivity contribution in [1.82, 2.24) is 0 Å². The molecule has 0 fully saturated rings. The number of rotatable bonds is 7. The van der Waals surface area contributed by atoms with Gasteiger partial charge in [-0.15, -0.1) is 0 Å². The maximum absolute atomic E-state index is 12.9. The Morgan fingerprint density at radius 2 is 1.86 bits per heavy atom. The van der Waals surface area contributed by atoms with Gasteiger partial charge in [0.05, 0.1) is 5.56 Å². The lowest BCUT2D eigenvalue weighted by molar-refractivity contribution is -0.138. The molecule has 0 atom stereocenters. The lowest BCUT2D eigenvalue weighted by atomic mass is 10.1. The van der Waals surface area contributed by atoms with Gasteiger partial charge in [0.15, 0.2) is 6.79 Å². The Bertz CT molecular complexity index is 459. The third kappa shape index (κ3) is 6.84. The van der Waals surface area contributed by atoms with Crippen molar-refractivity contribution in [2.45, 2.75) is 37.2 Å². The number of ether oxygens (including phenoxy) is 2. The molecule has 0 saturated heterocycles. The van der Waals surface area contributed by atoms with Gasteiger partial charge in [-0.3, -0.25) is 0 Å². The highest BCUT2D eigenvalue weighted by Gasteiger charge is 2.33. The van der Waals surface area contributed by atoms with Crippen LogP contribution in [-0.2, 0) is 16.2 Å². The van der Waals surface area contributed by atoms with Crippen LogP contribution in [0.5, 0.6) is 5.75 Å². The van der Waals surface area contributed by atoms with Crippen LogP contribution in [0.2, 0.25) is 25.7 Å². The van der Waals surface area contributed by atoms with Crippen molar-refractivity contribution >= 4 is 24.0 Å². The molecule has 1 aromatic rings. The minimum Gasteiger partial charge on any atom is -0.468 e. The second-order valence-electron chi connectivity index (χ2n) is 5.93. The van der Waals surface area contributed by atoms with Gasteiger partial charge in [0.2, 0.25) is 0 Å². The van der Waals surface area contributed by atoms with Crippen molar-refractivity contribution in [3.63, 3.8) is 0 Å². The smallest absolute Gasteiger partial charge is 0.416 e. The highest BCUT2D eigenvalue weighted by molar-refractivity contribution is 9.08. The van der Waals surface area contributed by atoms with Crippen molar-refractivity contribution in [2.75, 3.05) is 13.4 Å². The minimum atomic E-state index is -4.39. The van der Waals surface area contributed by atoms with Crippen LogP contribution in [0.4, 0.5) is 13.2 Å². The quantitative estimate of drug-likeness (QED) is 0.275. The number of hydrogen-bond acceptors (Lipinski definition) is 2. The predicted molar refractivity (Wildman–Crippen MR) is 83.7 cm³/mol. The SMILES string of the molecule is C[Si](C)(C)CCOCOc1ccc(CBr)c(C(F)(F)F)c1. The average molecular weight is 385 g/mol. The Morgan fingerprint density at radius 1 is 1.19 bits per heavy atom. The number of halogens is 4. The van der Waals surface area contributed by atoms with E-state index in [0.29, 0.717) is 6.61 Å². The van der Waals surface area contributed by atoms with E-state index < -0.39 is 19.8 Å². The van der Waals surface area contributed by atoms with Crippen molar-refractivity contribution in [3.8, 4) is 5.75 Å². The summed E-state index contributed by atoms with van der Waals surface area (Å²) in [6.45, 7) is 7.22. The van der Waals surface area contributed by atoms with Gasteiger partial charge in [-0.1, -0.05) is 41.6 Å². The molecular formula is C14H20BrF3O2Si. The summed E-state index contributed by atoms with van der Waals surface area (Å²) in [6, 6.07) is 4.94. The molecule has 0 saturated carbocycles. The van der Waals surface area contributed by atoms with Gasteiger partial charge in [0, 0.05) is 20.0 Å². The summed E-state index contributed by atoms with van der Waals surface area (Å²) >= 11 is 3.06. The van der Waals surface area contributed by atoms with Gasteiger partial charge >= 0.3 is 6.18 Å². The van der Waals surface area contributed by atoms with E-state index in [4.69, 9.17) is 9.47 Å². The van der Waals surface area contributed by atoms with E-state index in [9.17, 15) is 13.2 Å². The molecule has 1 aromatic carbocycles. The molecular weight excluding hydrogens is 365 g/mol. The molecule has 0 aliphatic rings. The summed E-state index contributed by atoms with van der Waals surface area (Å²) in [5, 5.41) is 0.148. The normalized spacial score (nSPS) is 12.5. The molecule has 0 amide bonds. The van der Waals surface area contributed by atoms with Crippen LogP contribution >= 0.6 is 15.9 Å². The summed E-state index contributed by atoms with van der Waals surface area (Å²) in [5.41, 5.74) is -0.492. The van der Waals surface area contributed by atoms with Crippen molar-refractivity contribution in [2.24, 2.45) is 0 Å². The third-order valence-corrected chi connectivity index (χ3v) is 5.14. The van der Waals surface area contributed by atoms with Gasteiger partial charge in [-0.25, -0.2) is 0 Å². The molecule has 0 aliphatic carbocycles. The maximum atomic E-state index is 12.9. The van der Waals surface area contributed by atoms with E-state index in [2.05, 4.69) is 35.6 Å². The molecule has 0 N–H and O–H groups in total. The Morgan fingerprint density at radius 3 is 2.38 bits per heavy atom. The summed E-state index contributed by atoms with van der Waals surface area (Å²) in [5.74, 6) is 0.167. The first-order chi connectivity index (χ1) is 9.63. The molecule has 0 spiro atoms. The Labute approximate surface area is 132 Å². The van der Waals surface area contributed by atoms with Crippen molar-refractivity contribution in [1.29, 1.82) is 0 Å². The van der Waals surface area contributed by atoms with Crippen molar-refractivity contribution in [3.05, 3.63) is 29.3 Å². The molecule has 21 heavy (non-hydrogen) atoms. The minimum absolute atomic E-state index is 0.0323. The molecule has 1 rings (SSSR count). The predicted octanol–water partition coefficient (Wildman–Crippen LogP) is 5.29. The van der Waals surface area contributed by atoms with Crippen LogP contribution < -0.4 is 4.74 Å². The van der Waals surface area contributed by atoms with Crippen LogP contribution in [0, 0.1) is 0 Å². The molecule has 0 aromatic heterocycles. The van der Waals surface area contributed by atoms with Crippen LogP contribution in [0.3, 0.4) is 0 Å². The zero-order valence-electron chi connectivity index (χ0n) is 12.4. The van der Waals surface area contributed by atoms with E-state index in [0.717, 1.165) is 12.1 Å². The van der Waals surface area contributed by atoms with E-state index >= 15 is 0 Å². The van der Waals surface area contributed by atoms with Crippen LogP contribution in [0.1, 0.15) is 11.1 Å². The number of benzene rings is 1. The van der Waals surface area contributed by atoms with Gasteiger partial charge in [-0.05, 0) is 23.7 Å². The topological polar surface area (TPSA) is 18.5 Å². The highest BCUT2D eigenvalue weighted by Crippen LogP contribution is 2.35. The van der Waals surface area contributed by atoms with Gasteiger partial charge in [0.1, 0.15) is 5.75 Å². The molecule has 0 unspecified atom stereocenters. The lowest BCUT2D eigenvalue weighted by Gasteiger charge is -2.16. The first-order valence-electron chi connectivity index (χ1n) is 6.60. The zero-order chi connectivity index (χ0) is 16.1. The molecule has 0 aliphatic heterocycles. The van der Waals surface area contributed by atoms with E-state index in [1.807, 2.05) is 0 Å². The summed E-state index contributed by atoms with van der Waals surface area (Å²) < 4.78 is 49.2. The summed E-state index contributed by atoms with van der Waals surface area (Å²) in [7, 11) is -1.17. The highest BCUT2D eigenvalue weighted by atomic mass is 79.9. The Kier molecular flexibility index (Phi) is 6.74. The third-order valence-electron chi connectivity index (χ3n) is 2.84. The van der Waals surface area contributed by atoms with Crippen LogP contribution in [0.15, 0.2) is 18.2 Å². The lowest BCUT2D eigenvalue weighted by Crippen LogP contribution is -2.22.